The first-order chi connectivity index (χ1) is 10.2. The van der Waals surface area contributed by atoms with Crippen LogP contribution in [0.5, 0.6) is 11.5 Å². The zero-order valence-corrected chi connectivity index (χ0v) is 13.1. The van der Waals surface area contributed by atoms with Gasteiger partial charge in [0, 0.05) is 6.54 Å². The Bertz CT molecular complexity index is 501. The first kappa shape index (κ1) is 18.0. The molecule has 0 aromatic heterocycles. The van der Waals surface area contributed by atoms with Crippen LogP contribution in [0.2, 0.25) is 0 Å². The normalized spacial score (nSPS) is 11.2. The highest BCUT2D eigenvalue weighted by molar-refractivity contribution is 5.67. The van der Waals surface area contributed by atoms with E-state index in [1.54, 1.807) is 32.9 Å². The highest BCUT2D eigenvalue weighted by Gasteiger charge is 2.15. The molecule has 0 unspecified atom stereocenters. The third-order valence-electron chi connectivity index (χ3n) is 2.53. The van der Waals surface area contributed by atoms with E-state index in [1.165, 1.54) is 13.2 Å². The number of alkyl halides is 2. The lowest BCUT2D eigenvalue weighted by Crippen LogP contribution is -2.33. The number of alkyl carbamates (subject to hydrolysis) is 1. The molecule has 0 saturated heterocycles. The van der Waals surface area contributed by atoms with Crippen molar-refractivity contribution in [2.24, 2.45) is 0 Å². The minimum Gasteiger partial charge on any atom is -0.493 e. The number of benzene rings is 1. The van der Waals surface area contributed by atoms with Crippen molar-refractivity contribution >= 4 is 6.09 Å². The van der Waals surface area contributed by atoms with Crippen LogP contribution >= 0.6 is 0 Å². The Hall–Kier alpha value is -2.05. The molecular weight excluding hydrogens is 296 g/mol. The van der Waals surface area contributed by atoms with E-state index >= 15 is 0 Å². The van der Waals surface area contributed by atoms with Crippen molar-refractivity contribution in [3.05, 3.63) is 23.8 Å². The first-order valence-corrected chi connectivity index (χ1v) is 6.80. The van der Waals surface area contributed by atoms with Gasteiger partial charge in [0.2, 0.25) is 0 Å². The summed E-state index contributed by atoms with van der Waals surface area (Å²) in [6, 6.07) is 4.64. The monoisotopic (exact) mass is 317 g/mol. The second-order valence-electron chi connectivity index (χ2n) is 5.54. The van der Waals surface area contributed by atoms with Gasteiger partial charge < -0.3 is 19.5 Å². The average molecular weight is 317 g/mol. The van der Waals surface area contributed by atoms with Crippen molar-refractivity contribution in [3.8, 4) is 11.5 Å². The largest absolute Gasteiger partial charge is 0.493 e. The van der Waals surface area contributed by atoms with Crippen LogP contribution in [0.25, 0.3) is 0 Å². The fourth-order valence-electron chi connectivity index (χ4n) is 1.68. The summed E-state index contributed by atoms with van der Waals surface area (Å²) in [4.78, 5) is 11.5. The number of ether oxygens (including phenoxy) is 3. The Morgan fingerprint density at radius 2 is 1.95 bits per heavy atom. The van der Waals surface area contributed by atoms with Crippen molar-refractivity contribution in [2.45, 2.75) is 39.4 Å². The number of halogens is 2. The number of carbonyl (C=O) groups is 1. The van der Waals surface area contributed by atoms with Crippen LogP contribution in [0.3, 0.4) is 0 Å². The minimum atomic E-state index is -2.91. The van der Waals surface area contributed by atoms with Gasteiger partial charge in [0.05, 0.1) is 7.11 Å². The summed E-state index contributed by atoms with van der Waals surface area (Å²) in [6.45, 7) is 2.78. The fraction of sp³-hybridized carbons (Fsp3) is 0.533. The van der Waals surface area contributed by atoms with E-state index in [-0.39, 0.29) is 11.5 Å². The van der Waals surface area contributed by atoms with Gasteiger partial charge in [-0.2, -0.15) is 8.78 Å². The number of hydrogen-bond donors (Lipinski definition) is 1. The van der Waals surface area contributed by atoms with Gasteiger partial charge in [0.15, 0.2) is 11.5 Å². The van der Waals surface area contributed by atoms with Gasteiger partial charge in [-0.1, -0.05) is 6.07 Å². The van der Waals surface area contributed by atoms with Crippen LogP contribution in [0.1, 0.15) is 26.3 Å². The predicted octanol–water partition coefficient (Wildman–Crippen LogP) is 3.36. The fourth-order valence-corrected chi connectivity index (χ4v) is 1.68. The molecule has 1 N–H and O–H groups in total. The van der Waals surface area contributed by atoms with Crippen molar-refractivity contribution in [1.82, 2.24) is 5.32 Å². The molecule has 0 saturated carbocycles. The molecule has 0 aliphatic rings. The molecule has 0 aliphatic carbocycles. The van der Waals surface area contributed by atoms with Crippen LogP contribution in [0.4, 0.5) is 13.6 Å². The smallest absolute Gasteiger partial charge is 0.407 e. The first-order valence-electron chi connectivity index (χ1n) is 6.80. The maximum Gasteiger partial charge on any atom is 0.407 e. The predicted molar refractivity (Wildman–Crippen MR) is 77.6 cm³/mol. The SMILES string of the molecule is COc1cc(CCNC(=O)OC(C)(C)C)ccc1OC(F)F. The minimum absolute atomic E-state index is 0.0265. The average Bonchev–Trinajstić information content (AvgIpc) is 2.37. The molecule has 0 heterocycles. The molecule has 0 atom stereocenters. The summed E-state index contributed by atoms with van der Waals surface area (Å²) in [6.07, 6.45) is 0.00186. The molecule has 1 aromatic carbocycles. The standard InChI is InChI=1S/C15H21F2NO4/c1-15(2,3)22-14(19)18-8-7-10-5-6-11(21-13(16)17)12(9-10)20-4/h5-6,9,13H,7-8H2,1-4H3,(H,18,19). The van der Waals surface area contributed by atoms with E-state index in [4.69, 9.17) is 9.47 Å². The highest BCUT2D eigenvalue weighted by atomic mass is 19.3. The quantitative estimate of drug-likeness (QED) is 0.874. The lowest BCUT2D eigenvalue weighted by atomic mass is 10.1. The zero-order chi connectivity index (χ0) is 16.8. The Morgan fingerprint density at radius 3 is 2.50 bits per heavy atom. The molecular formula is C15H21F2NO4. The van der Waals surface area contributed by atoms with Gasteiger partial charge in [0.25, 0.3) is 0 Å². The van der Waals surface area contributed by atoms with Crippen LogP contribution in [-0.2, 0) is 11.2 Å². The Kier molecular flexibility index (Phi) is 6.39. The third-order valence-corrected chi connectivity index (χ3v) is 2.53. The summed E-state index contributed by atoms with van der Waals surface area (Å²) in [5.74, 6) is 0.191. The number of nitrogens with one attached hydrogen (secondary N) is 1. The lowest BCUT2D eigenvalue weighted by molar-refractivity contribution is -0.0512. The number of hydrogen-bond acceptors (Lipinski definition) is 4. The molecule has 7 heteroatoms. The number of amides is 1. The molecule has 22 heavy (non-hydrogen) atoms. The van der Waals surface area contributed by atoms with Crippen molar-refractivity contribution in [1.29, 1.82) is 0 Å². The Labute approximate surface area is 128 Å². The highest BCUT2D eigenvalue weighted by Crippen LogP contribution is 2.29. The molecule has 0 spiro atoms. The van der Waals surface area contributed by atoms with E-state index in [2.05, 4.69) is 10.1 Å². The number of rotatable bonds is 6. The van der Waals surface area contributed by atoms with E-state index in [1.807, 2.05) is 0 Å². The summed E-state index contributed by atoms with van der Waals surface area (Å²) in [5, 5.41) is 2.62. The van der Waals surface area contributed by atoms with E-state index in [0.717, 1.165) is 5.56 Å². The molecule has 124 valence electrons. The summed E-state index contributed by atoms with van der Waals surface area (Å²) < 4.78 is 38.9. The second kappa shape index (κ2) is 7.82. The van der Waals surface area contributed by atoms with Gasteiger partial charge in [-0.25, -0.2) is 4.79 Å². The third kappa shape index (κ3) is 6.60. The van der Waals surface area contributed by atoms with Gasteiger partial charge in [-0.3, -0.25) is 0 Å². The van der Waals surface area contributed by atoms with Crippen molar-refractivity contribution in [3.63, 3.8) is 0 Å². The molecule has 0 fully saturated rings. The molecule has 0 radical (unpaired) electrons. The van der Waals surface area contributed by atoms with Crippen LogP contribution in [-0.4, -0.2) is 32.0 Å². The second-order valence-corrected chi connectivity index (χ2v) is 5.54. The number of carbonyl (C=O) groups excluding carboxylic acids is 1. The molecule has 1 rings (SSSR count). The molecule has 0 aliphatic heterocycles. The van der Waals surface area contributed by atoms with Crippen molar-refractivity contribution < 1.29 is 27.8 Å². The molecule has 0 bridgehead atoms. The van der Waals surface area contributed by atoms with E-state index in [9.17, 15) is 13.6 Å². The van der Waals surface area contributed by atoms with Crippen LogP contribution in [0, 0.1) is 0 Å². The number of methoxy groups -OCH3 is 1. The Balaban J connectivity index is 2.55. The lowest BCUT2D eigenvalue weighted by Gasteiger charge is -2.19. The molecule has 5 nitrogen and oxygen atoms in total. The zero-order valence-electron chi connectivity index (χ0n) is 13.1. The molecule has 1 amide bonds. The van der Waals surface area contributed by atoms with Crippen LogP contribution in [0.15, 0.2) is 18.2 Å². The topological polar surface area (TPSA) is 56.8 Å². The van der Waals surface area contributed by atoms with Gasteiger partial charge in [0.1, 0.15) is 5.60 Å². The molecule has 1 aromatic rings. The summed E-state index contributed by atoms with van der Waals surface area (Å²) in [5.41, 5.74) is 0.260. The summed E-state index contributed by atoms with van der Waals surface area (Å²) in [7, 11) is 1.37. The van der Waals surface area contributed by atoms with E-state index < -0.39 is 18.3 Å². The van der Waals surface area contributed by atoms with Gasteiger partial charge >= 0.3 is 12.7 Å². The van der Waals surface area contributed by atoms with Gasteiger partial charge in [-0.05, 0) is 44.9 Å². The van der Waals surface area contributed by atoms with Crippen molar-refractivity contribution in [2.75, 3.05) is 13.7 Å². The maximum atomic E-state index is 12.2. The van der Waals surface area contributed by atoms with Crippen LogP contribution < -0.4 is 14.8 Å². The summed E-state index contributed by atoms with van der Waals surface area (Å²) >= 11 is 0. The maximum absolute atomic E-state index is 12.2. The van der Waals surface area contributed by atoms with E-state index in [0.29, 0.717) is 13.0 Å². The van der Waals surface area contributed by atoms with Gasteiger partial charge in [-0.15, -0.1) is 0 Å². The Morgan fingerprint density at radius 1 is 1.27 bits per heavy atom.